The minimum absolute atomic E-state index is 0. The Kier molecular flexibility index (Phi) is 9.24. The second-order valence-electron chi connectivity index (χ2n) is 5.29. The van der Waals surface area contributed by atoms with Gasteiger partial charge in [0.2, 0.25) is 0 Å². The molecule has 0 saturated carbocycles. The third-order valence-corrected chi connectivity index (χ3v) is 5.38. The highest BCUT2D eigenvalue weighted by Crippen LogP contribution is 2.29. The number of rotatable bonds is 6. The third kappa shape index (κ3) is 6.99. The molecule has 0 bridgehead atoms. The van der Waals surface area contributed by atoms with Crippen molar-refractivity contribution in [1.29, 1.82) is 0 Å². The molecular weight excluding hydrogens is 498 g/mol. The number of halogens is 4. The van der Waals surface area contributed by atoms with Crippen molar-refractivity contribution in [2.45, 2.75) is 32.9 Å². The smallest absolute Gasteiger partial charge is 0.356 e. The number of aryl methyl sites for hydroxylation is 2. The summed E-state index contributed by atoms with van der Waals surface area (Å²) >= 11 is 2.70. The summed E-state index contributed by atoms with van der Waals surface area (Å²) in [6.45, 7) is 5.15. The molecule has 0 saturated heterocycles. The number of hydrogen-bond acceptors (Lipinski definition) is 5. The monoisotopic (exact) mass is 519 g/mol. The van der Waals surface area contributed by atoms with Gasteiger partial charge in [-0.2, -0.15) is 13.2 Å². The fourth-order valence-corrected chi connectivity index (χ4v) is 3.91. The van der Waals surface area contributed by atoms with Gasteiger partial charge in [-0.25, -0.2) is 9.97 Å². The number of alkyl halides is 3. The van der Waals surface area contributed by atoms with Crippen molar-refractivity contribution in [2.75, 3.05) is 20.1 Å². The highest BCUT2D eigenvalue weighted by molar-refractivity contribution is 14.0. The topological polar surface area (TPSA) is 62.2 Å². The van der Waals surface area contributed by atoms with Crippen LogP contribution in [0.15, 0.2) is 10.4 Å². The molecule has 11 heteroatoms. The molecule has 26 heavy (non-hydrogen) atoms. The molecular formula is C15H21F3IN5S2. The number of nitrogens with one attached hydrogen (secondary N) is 2. The lowest BCUT2D eigenvalue weighted by Gasteiger charge is -2.11. The van der Waals surface area contributed by atoms with E-state index in [2.05, 4.69) is 25.6 Å². The zero-order valence-electron chi connectivity index (χ0n) is 14.6. The van der Waals surface area contributed by atoms with Gasteiger partial charge in [-0.05, 0) is 13.8 Å². The summed E-state index contributed by atoms with van der Waals surface area (Å²) in [5.41, 5.74) is 0.224. The molecule has 2 N–H and O–H groups in total. The van der Waals surface area contributed by atoms with Gasteiger partial charge in [0.25, 0.3) is 0 Å². The van der Waals surface area contributed by atoms with Gasteiger partial charge in [0, 0.05) is 43.2 Å². The predicted octanol–water partition coefficient (Wildman–Crippen LogP) is 3.80. The van der Waals surface area contributed by atoms with E-state index in [4.69, 9.17) is 0 Å². The van der Waals surface area contributed by atoms with Gasteiger partial charge in [-0.15, -0.1) is 46.7 Å². The van der Waals surface area contributed by atoms with Crippen LogP contribution in [0, 0.1) is 13.8 Å². The Morgan fingerprint density at radius 2 is 1.81 bits per heavy atom. The fraction of sp³-hybridized carbons (Fsp3) is 0.533. The van der Waals surface area contributed by atoms with E-state index >= 15 is 0 Å². The normalized spacial score (nSPS) is 12.0. The number of guanidine groups is 1. The van der Waals surface area contributed by atoms with Gasteiger partial charge < -0.3 is 10.6 Å². The molecule has 0 aliphatic heterocycles. The molecule has 5 nitrogen and oxygen atoms in total. The molecule has 0 amide bonds. The number of thiazole rings is 2. The van der Waals surface area contributed by atoms with Crippen molar-refractivity contribution < 1.29 is 13.2 Å². The van der Waals surface area contributed by atoms with E-state index in [-0.39, 0.29) is 24.0 Å². The number of aliphatic imine (C=N–C) groups is 1. The zero-order valence-corrected chi connectivity index (χ0v) is 18.6. The largest absolute Gasteiger partial charge is 0.434 e. The van der Waals surface area contributed by atoms with Crippen molar-refractivity contribution in [3.63, 3.8) is 0 Å². The Bertz CT molecular complexity index is 727. The highest BCUT2D eigenvalue weighted by Gasteiger charge is 2.33. The lowest BCUT2D eigenvalue weighted by Crippen LogP contribution is -2.39. The Hall–Kier alpha value is -0.950. The first kappa shape index (κ1) is 23.1. The maximum atomic E-state index is 12.5. The van der Waals surface area contributed by atoms with Gasteiger partial charge in [-0.1, -0.05) is 0 Å². The van der Waals surface area contributed by atoms with Gasteiger partial charge in [0.15, 0.2) is 11.7 Å². The van der Waals surface area contributed by atoms with Crippen LogP contribution in [-0.2, 0) is 19.0 Å². The summed E-state index contributed by atoms with van der Waals surface area (Å²) in [4.78, 5) is 13.3. The van der Waals surface area contributed by atoms with E-state index < -0.39 is 11.9 Å². The van der Waals surface area contributed by atoms with E-state index in [0.29, 0.717) is 30.5 Å². The molecule has 0 aliphatic rings. The molecule has 2 aromatic heterocycles. The molecule has 0 spiro atoms. The lowest BCUT2D eigenvalue weighted by molar-refractivity contribution is -0.140. The van der Waals surface area contributed by atoms with Crippen molar-refractivity contribution in [3.05, 3.63) is 31.7 Å². The first-order chi connectivity index (χ1) is 11.8. The fourth-order valence-electron chi connectivity index (χ4n) is 2.16. The lowest BCUT2D eigenvalue weighted by atomic mass is 10.3. The number of nitrogens with zero attached hydrogens (tertiary/aromatic N) is 3. The Balaban J connectivity index is 0.00000338. The third-order valence-electron chi connectivity index (χ3n) is 3.34. The van der Waals surface area contributed by atoms with Crippen LogP contribution in [0.5, 0.6) is 0 Å². The summed E-state index contributed by atoms with van der Waals surface area (Å²) in [6.07, 6.45) is -3.12. The summed E-state index contributed by atoms with van der Waals surface area (Å²) in [6, 6.07) is 0. The minimum atomic E-state index is -4.38. The maximum absolute atomic E-state index is 12.5. The molecule has 0 aliphatic carbocycles. The quantitative estimate of drug-likeness (QED) is 0.347. The van der Waals surface area contributed by atoms with Gasteiger partial charge >= 0.3 is 6.18 Å². The molecule has 2 heterocycles. The second kappa shape index (κ2) is 10.4. The molecule has 0 fully saturated rings. The van der Waals surface area contributed by atoms with Crippen LogP contribution in [0.4, 0.5) is 13.2 Å². The average molecular weight is 519 g/mol. The van der Waals surface area contributed by atoms with Crippen LogP contribution in [0.25, 0.3) is 0 Å². The van der Waals surface area contributed by atoms with E-state index in [1.54, 1.807) is 18.4 Å². The average Bonchev–Trinajstić information content (AvgIpc) is 3.12. The number of aromatic nitrogens is 2. The summed E-state index contributed by atoms with van der Waals surface area (Å²) < 4.78 is 37.5. The highest BCUT2D eigenvalue weighted by atomic mass is 127. The molecule has 0 unspecified atom stereocenters. The van der Waals surface area contributed by atoms with E-state index in [9.17, 15) is 13.2 Å². The maximum Gasteiger partial charge on any atom is 0.434 e. The van der Waals surface area contributed by atoms with Gasteiger partial charge in [0.1, 0.15) is 0 Å². The Morgan fingerprint density at radius 3 is 2.31 bits per heavy atom. The van der Waals surface area contributed by atoms with Crippen molar-refractivity contribution in [1.82, 2.24) is 20.6 Å². The van der Waals surface area contributed by atoms with Crippen LogP contribution < -0.4 is 10.6 Å². The molecule has 2 rings (SSSR count). The molecule has 0 aromatic carbocycles. The summed E-state index contributed by atoms with van der Waals surface area (Å²) in [5, 5.41) is 8.82. The van der Waals surface area contributed by atoms with E-state index in [0.717, 1.165) is 33.8 Å². The molecule has 146 valence electrons. The molecule has 2 aromatic rings. The van der Waals surface area contributed by atoms with Crippen molar-refractivity contribution in [3.8, 4) is 0 Å². The van der Waals surface area contributed by atoms with Crippen LogP contribution >= 0.6 is 46.7 Å². The summed E-state index contributed by atoms with van der Waals surface area (Å²) in [5.74, 6) is 0.617. The zero-order chi connectivity index (χ0) is 18.4. The van der Waals surface area contributed by atoms with E-state index in [1.807, 2.05) is 13.8 Å². The van der Waals surface area contributed by atoms with Crippen LogP contribution in [0.1, 0.15) is 26.3 Å². The van der Waals surface area contributed by atoms with Crippen LogP contribution in [0.3, 0.4) is 0 Å². The van der Waals surface area contributed by atoms with Crippen LogP contribution in [-0.4, -0.2) is 36.1 Å². The number of hydrogen-bond donors (Lipinski definition) is 2. The van der Waals surface area contributed by atoms with Gasteiger partial charge in [0.05, 0.1) is 15.7 Å². The molecule has 0 atom stereocenters. The van der Waals surface area contributed by atoms with Crippen molar-refractivity contribution in [2.24, 2.45) is 4.99 Å². The molecule has 0 radical (unpaired) electrons. The first-order valence-electron chi connectivity index (χ1n) is 7.68. The van der Waals surface area contributed by atoms with Gasteiger partial charge in [-0.3, -0.25) is 4.99 Å². The predicted molar refractivity (Wildman–Crippen MR) is 111 cm³/mol. The minimum Gasteiger partial charge on any atom is -0.356 e. The second-order valence-corrected chi connectivity index (χ2v) is 7.52. The Labute approximate surface area is 175 Å². The SMILES string of the molecule is CN=C(NCCc1nc(C(F)(F)F)cs1)NCCc1sc(C)nc1C.I. The standard InChI is InChI=1S/C15H20F3N5S2.HI/c1-9-11(25-10(2)22-9)4-6-20-14(19-3)21-7-5-13-23-12(8-24-13)15(16,17)18;/h8H,4-7H2,1-3H3,(H2,19,20,21);1H. The summed E-state index contributed by atoms with van der Waals surface area (Å²) in [7, 11) is 1.66. The van der Waals surface area contributed by atoms with E-state index in [1.165, 1.54) is 4.88 Å². The first-order valence-corrected chi connectivity index (χ1v) is 9.38. The van der Waals surface area contributed by atoms with Crippen LogP contribution in [0.2, 0.25) is 0 Å². The van der Waals surface area contributed by atoms with Crippen molar-refractivity contribution >= 4 is 52.6 Å². The Morgan fingerprint density at radius 1 is 1.15 bits per heavy atom.